The quantitative estimate of drug-likeness (QED) is 0.749. The van der Waals surface area contributed by atoms with Crippen molar-refractivity contribution >= 4 is 17.2 Å². The average molecular weight is 331 g/mol. The van der Waals surface area contributed by atoms with Gasteiger partial charge in [-0.2, -0.15) is 4.80 Å². The number of tetrazole rings is 1. The maximum atomic E-state index is 12.8. The Labute approximate surface area is 136 Å². The number of amides is 1. The van der Waals surface area contributed by atoms with Crippen molar-refractivity contribution in [2.75, 3.05) is 6.54 Å². The number of carbonyl (C=O) groups is 1. The van der Waals surface area contributed by atoms with Crippen LogP contribution in [0, 0.1) is 5.82 Å². The molecule has 8 heteroatoms. The molecule has 2 heterocycles. The zero-order valence-corrected chi connectivity index (χ0v) is 13.0. The van der Waals surface area contributed by atoms with Crippen LogP contribution in [0.15, 0.2) is 41.8 Å². The van der Waals surface area contributed by atoms with Gasteiger partial charge in [0, 0.05) is 6.54 Å². The highest BCUT2D eigenvalue weighted by atomic mass is 32.1. The standard InChI is InChI=1S/C15H14FN5OS/c16-12-5-3-11(4-6-12)7-8-17-14(22)10-21-19-15(18-20-21)13-2-1-9-23-13/h1-6,9H,7-8,10H2,(H,17,22). The monoisotopic (exact) mass is 331 g/mol. The number of nitrogens with one attached hydrogen (secondary N) is 1. The summed E-state index contributed by atoms with van der Waals surface area (Å²) in [5, 5.41) is 16.7. The molecule has 0 aliphatic carbocycles. The summed E-state index contributed by atoms with van der Waals surface area (Å²) in [6, 6.07) is 10.0. The van der Waals surface area contributed by atoms with Crippen LogP contribution in [0.2, 0.25) is 0 Å². The summed E-state index contributed by atoms with van der Waals surface area (Å²) in [4.78, 5) is 14.0. The van der Waals surface area contributed by atoms with Gasteiger partial charge in [-0.15, -0.1) is 21.5 Å². The van der Waals surface area contributed by atoms with Crippen molar-refractivity contribution in [2.24, 2.45) is 0 Å². The molecule has 0 aliphatic heterocycles. The fraction of sp³-hybridized carbons (Fsp3) is 0.200. The number of rotatable bonds is 6. The lowest BCUT2D eigenvalue weighted by Gasteiger charge is -2.04. The van der Waals surface area contributed by atoms with Gasteiger partial charge in [0.2, 0.25) is 11.7 Å². The van der Waals surface area contributed by atoms with E-state index in [0.29, 0.717) is 18.8 Å². The normalized spacial score (nSPS) is 10.7. The Morgan fingerprint density at radius 3 is 2.83 bits per heavy atom. The van der Waals surface area contributed by atoms with E-state index in [1.807, 2.05) is 17.5 Å². The number of thiophene rings is 1. The Hall–Kier alpha value is -2.61. The van der Waals surface area contributed by atoms with Crippen LogP contribution >= 0.6 is 11.3 Å². The van der Waals surface area contributed by atoms with Crippen LogP contribution < -0.4 is 5.32 Å². The molecule has 0 aliphatic rings. The van der Waals surface area contributed by atoms with E-state index in [-0.39, 0.29) is 18.3 Å². The van der Waals surface area contributed by atoms with Crippen LogP contribution in [0.4, 0.5) is 4.39 Å². The minimum absolute atomic E-state index is 0.0157. The Balaban J connectivity index is 1.47. The van der Waals surface area contributed by atoms with E-state index in [4.69, 9.17) is 0 Å². The van der Waals surface area contributed by atoms with Crippen molar-refractivity contribution in [3.8, 4) is 10.7 Å². The number of nitrogens with zero attached hydrogens (tertiary/aromatic N) is 4. The first-order valence-electron chi connectivity index (χ1n) is 7.03. The first kappa shape index (κ1) is 15.3. The van der Waals surface area contributed by atoms with Crippen LogP contribution in [-0.4, -0.2) is 32.7 Å². The van der Waals surface area contributed by atoms with E-state index in [9.17, 15) is 9.18 Å². The number of halogens is 1. The second kappa shape index (κ2) is 7.10. The molecule has 0 saturated heterocycles. The highest BCUT2D eigenvalue weighted by molar-refractivity contribution is 7.13. The van der Waals surface area contributed by atoms with Crippen molar-refractivity contribution in [1.82, 2.24) is 25.5 Å². The summed E-state index contributed by atoms with van der Waals surface area (Å²) in [6.07, 6.45) is 0.636. The molecule has 1 N–H and O–H groups in total. The number of aromatic nitrogens is 4. The summed E-state index contributed by atoms with van der Waals surface area (Å²) in [5.41, 5.74) is 0.963. The summed E-state index contributed by atoms with van der Waals surface area (Å²) in [5.74, 6) is 0.0536. The summed E-state index contributed by atoms with van der Waals surface area (Å²) in [7, 11) is 0. The molecule has 0 radical (unpaired) electrons. The molecule has 1 aromatic carbocycles. The minimum Gasteiger partial charge on any atom is -0.354 e. The first-order chi connectivity index (χ1) is 11.2. The van der Waals surface area contributed by atoms with Crippen LogP contribution in [0.1, 0.15) is 5.56 Å². The van der Waals surface area contributed by atoms with Gasteiger partial charge in [-0.3, -0.25) is 4.79 Å². The molecule has 23 heavy (non-hydrogen) atoms. The smallest absolute Gasteiger partial charge is 0.243 e. The first-order valence-corrected chi connectivity index (χ1v) is 7.91. The van der Waals surface area contributed by atoms with Crippen LogP contribution in [0.5, 0.6) is 0 Å². The second-order valence-corrected chi connectivity index (χ2v) is 5.79. The molecule has 3 rings (SSSR count). The topological polar surface area (TPSA) is 72.7 Å². The molecule has 0 saturated carbocycles. The van der Waals surface area contributed by atoms with Gasteiger partial charge in [-0.05, 0) is 40.8 Å². The zero-order chi connectivity index (χ0) is 16.1. The number of carbonyl (C=O) groups excluding carboxylic acids is 1. The SMILES string of the molecule is O=C(Cn1nnc(-c2cccs2)n1)NCCc1ccc(F)cc1. The van der Waals surface area contributed by atoms with E-state index in [1.165, 1.54) is 28.3 Å². The Morgan fingerprint density at radius 2 is 2.09 bits per heavy atom. The molecule has 1 amide bonds. The molecule has 0 spiro atoms. The maximum absolute atomic E-state index is 12.8. The molecule has 6 nitrogen and oxygen atoms in total. The lowest BCUT2D eigenvalue weighted by atomic mass is 10.1. The van der Waals surface area contributed by atoms with Gasteiger partial charge in [-0.1, -0.05) is 18.2 Å². The third-order valence-electron chi connectivity index (χ3n) is 3.13. The Kier molecular flexibility index (Phi) is 4.72. The van der Waals surface area contributed by atoms with Crippen LogP contribution in [0.25, 0.3) is 10.7 Å². The molecule has 2 aromatic heterocycles. The minimum atomic E-state index is -0.267. The van der Waals surface area contributed by atoms with Gasteiger partial charge in [-0.25, -0.2) is 4.39 Å². The van der Waals surface area contributed by atoms with Crippen molar-refractivity contribution in [3.05, 3.63) is 53.2 Å². The van der Waals surface area contributed by atoms with Crippen molar-refractivity contribution in [1.29, 1.82) is 0 Å². The van der Waals surface area contributed by atoms with Crippen LogP contribution in [-0.2, 0) is 17.8 Å². The van der Waals surface area contributed by atoms with E-state index in [1.54, 1.807) is 12.1 Å². The molecule has 0 fully saturated rings. The van der Waals surface area contributed by atoms with Gasteiger partial charge in [0.25, 0.3) is 0 Å². The van der Waals surface area contributed by atoms with Crippen molar-refractivity contribution < 1.29 is 9.18 Å². The molecular formula is C15H14FN5OS. The lowest BCUT2D eigenvalue weighted by molar-refractivity contribution is -0.122. The van der Waals surface area contributed by atoms with Gasteiger partial charge < -0.3 is 5.32 Å². The maximum Gasteiger partial charge on any atom is 0.243 e. The van der Waals surface area contributed by atoms with Crippen molar-refractivity contribution in [2.45, 2.75) is 13.0 Å². The number of benzene rings is 1. The molecular weight excluding hydrogens is 317 g/mol. The highest BCUT2D eigenvalue weighted by Gasteiger charge is 2.09. The molecule has 3 aromatic rings. The predicted octanol–water partition coefficient (Wildman–Crippen LogP) is 1.90. The van der Waals surface area contributed by atoms with E-state index >= 15 is 0 Å². The third kappa shape index (κ3) is 4.19. The van der Waals surface area contributed by atoms with Crippen molar-refractivity contribution in [3.63, 3.8) is 0 Å². The summed E-state index contributed by atoms with van der Waals surface area (Å²) in [6.45, 7) is 0.485. The zero-order valence-electron chi connectivity index (χ0n) is 12.1. The van der Waals surface area contributed by atoms with E-state index in [0.717, 1.165) is 10.4 Å². The number of hydrogen-bond donors (Lipinski definition) is 1. The Bertz CT molecular complexity index is 770. The lowest BCUT2D eigenvalue weighted by Crippen LogP contribution is -2.30. The number of hydrogen-bond acceptors (Lipinski definition) is 5. The highest BCUT2D eigenvalue weighted by Crippen LogP contribution is 2.19. The Morgan fingerprint density at radius 1 is 1.26 bits per heavy atom. The van der Waals surface area contributed by atoms with Gasteiger partial charge in [0.1, 0.15) is 12.4 Å². The predicted molar refractivity (Wildman–Crippen MR) is 84.2 cm³/mol. The van der Waals surface area contributed by atoms with E-state index in [2.05, 4.69) is 20.7 Å². The van der Waals surface area contributed by atoms with E-state index < -0.39 is 0 Å². The summed E-state index contributed by atoms with van der Waals surface area (Å²) >= 11 is 1.52. The van der Waals surface area contributed by atoms with Gasteiger partial charge >= 0.3 is 0 Å². The van der Waals surface area contributed by atoms with Crippen LogP contribution in [0.3, 0.4) is 0 Å². The molecule has 0 bridgehead atoms. The third-order valence-corrected chi connectivity index (χ3v) is 3.99. The van der Waals surface area contributed by atoms with Gasteiger partial charge in [0.05, 0.1) is 4.88 Å². The molecule has 0 atom stereocenters. The van der Waals surface area contributed by atoms with Gasteiger partial charge in [0.15, 0.2) is 0 Å². The average Bonchev–Trinajstić information content (AvgIpc) is 3.20. The fourth-order valence-corrected chi connectivity index (χ4v) is 2.64. The molecule has 118 valence electrons. The largest absolute Gasteiger partial charge is 0.354 e. The molecule has 0 unspecified atom stereocenters. The second-order valence-electron chi connectivity index (χ2n) is 4.85. The summed E-state index contributed by atoms with van der Waals surface area (Å²) < 4.78 is 12.8. The fourth-order valence-electron chi connectivity index (χ4n) is 2.00.